The van der Waals surface area contributed by atoms with Crippen molar-refractivity contribution in [2.24, 2.45) is 0 Å². The van der Waals surface area contributed by atoms with Crippen LogP contribution in [-0.4, -0.2) is 15.5 Å². The molecular formula is C10H16N2O5. The van der Waals surface area contributed by atoms with Crippen LogP contribution in [0.4, 0.5) is 11.4 Å². The molecule has 5 N–H and O–H groups in total. The van der Waals surface area contributed by atoms with E-state index in [-0.39, 0.29) is 11.4 Å². The summed E-state index contributed by atoms with van der Waals surface area (Å²) in [6.07, 6.45) is 0. The summed E-state index contributed by atoms with van der Waals surface area (Å²) in [5.41, 5.74) is -0.783. The number of phenols is 1. The summed E-state index contributed by atoms with van der Waals surface area (Å²) in [4.78, 5) is 0. The molecule has 17 heavy (non-hydrogen) atoms. The number of nitrogens with one attached hydrogen (secondary N) is 2. The molecule has 7 heteroatoms. The van der Waals surface area contributed by atoms with Crippen molar-refractivity contribution in [3.63, 3.8) is 0 Å². The highest BCUT2D eigenvalue weighted by Gasteiger charge is 2.26. The lowest BCUT2D eigenvalue weighted by molar-refractivity contribution is -0.996. The fraction of sp³-hybridized carbons (Fsp3) is 0.400. The molecule has 0 heterocycles. The third-order valence-electron chi connectivity index (χ3n) is 2.40. The van der Waals surface area contributed by atoms with Gasteiger partial charge in [-0.05, 0) is 5.41 Å². The monoisotopic (exact) mass is 244 g/mol. The summed E-state index contributed by atoms with van der Waals surface area (Å²) in [5, 5.41) is 46.9. The van der Waals surface area contributed by atoms with Gasteiger partial charge in [0.1, 0.15) is 0 Å². The lowest BCUT2D eigenvalue weighted by Crippen LogP contribution is -3.00. The maximum absolute atomic E-state index is 10.9. The molecule has 0 saturated carbocycles. The molecule has 0 radical (unpaired) electrons. The summed E-state index contributed by atoms with van der Waals surface area (Å²) in [6, 6.07) is 2.25. The van der Waals surface area contributed by atoms with Crippen LogP contribution in [0, 0.1) is 10.4 Å². The van der Waals surface area contributed by atoms with Crippen molar-refractivity contribution in [2.45, 2.75) is 26.2 Å². The summed E-state index contributed by atoms with van der Waals surface area (Å²) >= 11 is 0. The van der Waals surface area contributed by atoms with Gasteiger partial charge in [0.25, 0.3) is 0 Å². The Labute approximate surface area is 98.2 Å². The standard InChI is InChI=1S/C10H16N2O5/c1-10(2,3)7-4-6(11(14)15)5-8(9(7)13)12(16)17/h4-5,11-14,16H,1-3H3. The number of benzene rings is 1. The first kappa shape index (κ1) is 13.8. The molecule has 7 nitrogen and oxygen atoms in total. The van der Waals surface area contributed by atoms with Gasteiger partial charge in [-0.1, -0.05) is 20.8 Å². The minimum absolute atomic E-state index is 0.148. The van der Waals surface area contributed by atoms with Gasteiger partial charge in [-0.25, -0.2) is 10.4 Å². The SMILES string of the molecule is CC(C)(C)c1cc([NH+]([O-])O)cc([NH+]([O-])O)c1O. The predicted octanol–water partition coefficient (Wildman–Crippen LogP) is -0.503. The van der Waals surface area contributed by atoms with Gasteiger partial charge in [-0.3, -0.25) is 0 Å². The summed E-state index contributed by atoms with van der Waals surface area (Å²) in [7, 11) is 0. The number of aromatic hydroxyl groups is 1. The minimum Gasteiger partial charge on any atom is -0.595 e. The zero-order valence-corrected chi connectivity index (χ0v) is 9.81. The number of hydrogen-bond donors (Lipinski definition) is 5. The normalized spacial score (nSPS) is 15.7. The lowest BCUT2D eigenvalue weighted by atomic mass is 9.85. The van der Waals surface area contributed by atoms with Gasteiger partial charge in [0.15, 0.2) is 11.4 Å². The first-order valence-corrected chi connectivity index (χ1v) is 4.98. The van der Waals surface area contributed by atoms with Crippen LogP contribution in [0.1, 0.15) is 26.3 Å². The third-order valence-corrected chi connectivity index (χ3v) is 2.40. The summed E-state index contributed by atoms with van der Waals surface area (Å²) < 4.78 is 0. The van der Waals surface area contributed by atoms with Crippen molar-refractivity contribution in [2.75, 3.05) is 0 Å². The quantitative estimate of drug-likeness (QED) is 0.273. The lowest BCUT2D eigenvalue weighted by Gasteiger charge is -2.24. The van der Waals surface area contributed by atoms with Crippen LogP contribution in [0.15, 0.2) is 12.1 Å². The number of rotatable bonds is 2. The molecular weight excluding hydrogens is 228 g/mol. The molecule has 0 aliphatic rings. The maximum Gasteiger partial charge on any atom is 0.212 e. The summed E-state index contributed by atoms with van der Waals surface area (Å²) in [6.45, 7) is 5.29. The summed E-state index contributed by atoms with van der Waals surface area (Å²) in [5.74, 6) is -0.380. The zero-order valence-electron chi connectivity index (χ0n) is 9.81. The second-order valence-electron chi connectivity index (χ2n) is 4.78. The van der Waals surface area contributed by atoms with E-state index in [0.717, 1.165) is 6.07 Å². The van der Waals surface area contributed by atoms with E-state index in [2.05, 4.69) is 0 Å². The average molecular weight is 244 g/mol. The van der Waals surface area contributed by atoms with Crippen LogP contribution in [0.25, 0.3) is 0 Å². The first-order chi connectivity index (χ1) is 7.64. The van der Waals surface area contributed by atoms with Gasteiger partial charge < -0.3 is 15.5 Å². The van der Waals surface area contributed by atoms with Gasteiger partial charge in [-0.15, -0.1) is 0 Å². The highest BCUT2D eigenvalue weighted by atomic mass is 16.8. The van der Waals surface area contributed by atoms with Crippen molar-refractivity contribution in [1.29, 1.82) is 0 Å². The van der Waals surface area contributed by atoms with E-state index in [1.165, 1.54) is 6.07 Å². The van der Waals surface area contributed by atoms with Crippen LogP contribution in [0.2, 0.25) is 0 Å². The van der Waals surface area contributed by atoms with E-state index in [0.29, 0.717) is 5.56 Å². The highest BCUT2D eigenvalue weighted by molar-refractivity contribution is 5.59. The number of hydrogen-bond acceptors (Lipinski definition) is 5. The molecule has 0 aliphatic heterocycles. The van der Waals surface area contributed by atoms with Crippen molar-refractivity contribution >= 4 is 11.4 Å². The molecule has 0 bridgehead atoms. The fourth-order valence-corrected chi connectivity index (χ4v) is 1.49. The Morgan fingerprint density at radius 3 is 1.94 bits per heavy atom. The third kappa shape index (κ3) is 2.91. The van der Waals surface area contributed by atoms with Gasteiger partial charge in [-0.2, -0.15) is 10.5 Å². The first-order valence-electron chi connectivity index (χ1n) is 4.98. The van der Waals surface area contributed by atoms with E-state index in [4.69, 9.17) is 10.4 Å². The molecule has 0 fully saturated rings. The Bertz CT molecular complexity index is 412. The van der Waals surface area contributed by atoms with Gasteiger partial charge >= 0.3 is 0 Å². The fourth-order valence-electron chi connectivity index (χ4n) is 1.49. The molecule has 0 saturated heterocycles. The van der Waals surface area contributed by atoms with E-state index in [1.807, 2.05) is 0 Å². The topological polar surface area (TPSA) is 116 Å². The molecule has 1 aromatic rings. The molecule has 2 unspecified atom stereocenters. The van der Waals surface area contributed by atoms with E-state index < -0.39 is 21.6 Å². The molecule has 0 aliphatic carbocycles. The van der Waals surface area contributed by atoms with Gasteiger partial charge in [0.2, 0.25) is 5.69 Å². The van der Waals surface area contributed by atoms with Crippen molar-refractivity contribution in [3.8, 4) is 5.75 Å². The van der Waals surface area contributed by atoms with Crippen molar-refractivity contribution < 1.29 is 26.0 Å². The van der Waals surface area contributed by atoms with Gasteiger partial charge in [0, 0.05) is 11.6 Å². The second kappa shape index (κ2) is 4.57. The Balaban J connectivity index is 3.49. The Morgan fingerprint density at radius 2 is 1.59 bits per heavy atom. The average Bonchev–Trinajstić information content (AvgIpc) is 2.15. The van der Waals surface area contributed by atoms with Crippen LogP contribution < -0.4 is 10.5 Å². The molecule has 1 aromatic carbocycles. The van der Waals surface area contributed by atoms with E-state index >= 15 is 0 Å². The highest BCUT2D eigenvalue weighted by Crippen LogP contribution is 2.36. The molecule has 1 rings (SSSR count). The Morgan fingerprint density at radius 1 is 1.06 bits per heavy atom. The second-order valence-corrected chi connectivity index (χ2v) is 4.78. The molecule has 0 spiro atoms. The number of quaternary nitrogens is 2. The van der Waals surface area contributed by atoms with Crippen molar-refractivity contribution in [3.05, 3.63) is 28.1 Å². The van der Waals surface area contributed by atoms with Gasteiger partial charge in [0.05, 0.1) is 6.07 Å². The van der Waals surface area contributed by atoms with Crippen molar-refractivity contribution in [1.82, 2.24) is 0 Å². The minimum atomic E-state index is -1.35. The smallest absolute Gasteiger partial charge is 0.212 e. The molecule has 96 valence electrons. The molecule has 2 atom stereocenters. The number of phenolic OH excluding ortho intramolecular Hbond substituents is 1. The molecule has 0 amide bonds. The molecule has 0 aromatic heterocycles. The van der Waals surface area contributed by atoms with Crippen LogP contribution in [-0.2, 0) is 5.41 Å². The largest absolute Gasteiger partial charge is 0.595 e. The van der Waals surface area contributed by atoms with E-state index in [1.54, 1.807) is 20.8 Å². The van der Waals surface area contributed by atoms with E-state index in [9.17, 15) is 15.5 Å². The maximum atomic E-state index is 10.9. The Hall–Kier alpha value is -1.22. The Kier molecular flexibility index (Phi) is 3.72. The van der Waals surface area contributed by atoms with Crippen LogP contribution >= 0.6 is 0 Å². The predicted molar refractivity (Wildman–Crippen MR) is 58.4 cm³/mol. The van der Waals surface area contributed by atoms with Crippen LogP contribution in [0.5, 0.6) is 5.75 Å². The van der Waals surface area contributed by atoms with Crippen LogP contribution in [0.3, 0.4) is 0 Å². The zero-order chi connectivity index (χ0) is 13.4.